The largest absolute Gasteiger partial charge is 0.324 e. The van der Waals surface area contributed by atoms with Crippen molar-refractivity contribution in [2.75, 3.05) is 26.7 Å². The molecule has 2 atom stereocenters. The molecule has 2 aliphatic heterocycles. The second kappa shape index (κ2) is 6.93. The third-order valence-electron chi connectivity index (χ3n) is 5.52. The molecule has 0 unspecified atom stereocenters. The monoisotopic (exact) mass is 329 g/mol. The number of aryl methyl sites for hydroxylation is 1. The fourth-order valence-electron chi connectivity index (χ4n) is 3.96. The van der Waals surface area contributed by atoms with E-state index in [0.717, 1.165) is 45.3 Å². The van der Waals surface area contributed by atoms with Gasteiger partial charge < -0.3 is 10.2 Å². The molecule has 0 aromatic heterocycles. The molecule has 24 heavy (non-hydrogen) atoms. The molecule has 0 spiro atoms. The number of hydrogen-bond donors (Lipinski definition) is 1. The van der Waals surface area contributed by atoms with Crippen molar-refractivity contribution >= 4 is 11.9 Å². The first-order valence-electron chi connectivity index (χ1n) is 8.87. The Hall–Kier alpha value is -1.88. The summed E-state index contributed by atoms with van der Waals surface area (Å²) in [6, 6.07) is 10.3. The fourth-order valence-corrected chi connectivity index (χ4v) is 3.96. The first-order valence-corrected chi connectivity index (χ1v) is 8.87. The number of urea groups is 1. The Labute approximate surface area is 144 Å². The van der Waals surface area contributed by atoms with Gasteiger partial charge in [-0.15, -0.1) is 0 Å². The van der Waals surface area contributed by atoms with Gasteiger partial charge in [0.1, 0.15) is 5.54 Å². The number of piperidine rings is 1. The summed E-state index contributed by atoms with van der Waals surface area (Å²) in [6.45, 7) is 4.89. The minimum absolute atomic E-state index is 0.0939. The molecule has 2 fully saturated rings. The summed E-state index contributed by atoms with van der Waals surface area (Å²) in [5, 5.41) is 2.91. The van der Waals surface area contributed by atoms with Crippen LogP contribution in [0.5, 0.6) is 0 Å². The molecule has 2 aliphatic rings. The lowest BCUT2D eigenvalue weighted by Crippen LogP contribution is -2.55. The first-order chi connectivity index (χ1) is 11.5. The molecule has 130 valence electrons. The Balaban J connectivity index is 1.55. The van der Waals surface area contributed by atoms with Gasteiger partial charge in [0.25, 0.3) is 5.91 Å². The smallest absolute Gasteiger partial charge is 0.323 e. The highest BCUT2D eigenvalue weighted by atomic mass is 16.2. The highest BCUT2D eigenvalue weighted by molar-refractivity contribution is 6.06. The zero-order valence-corrected chi connectivity index (χ0v) is 14.6. The van der Waals surface area contributed by atoms with E-state index in [2.05, 4.69) is 34.5 Å². The fraction of sp³-hybridized carbons (Fsp3) is 0.579. The van der Waals surface area contributed by atoms with Crippen LogP contribution in [0.25, 0.3) is 0 Å². The first kappa shape index (κ1) is 17.0. The van der Waals surface area contributed by atoms with E-state index in [0.29, 0.717) is 0 Å². The van der Waals surface area contributed by atoms with Crippen molar-refractivity contribution < 1.29 is 9.59 Å². The van der Waals surface area contributed by atoms with Crippen LogP contribution in [-0.2, 0) is 11.2 Å². The number of rotatable bonds is 5. The minimum atomic E-state index is -0.746. The molecule has 1 aromatic rings. The maximum atomic E-state index is 12.5. The molecule has 5 heteroatoms. The highest BCUT2D eigenvalue weighted by Crippen LogP contribution is 2.32. The Bertz CT molecular complexity index is 604. The number of likely N-dealkylation sites (N-methyl/N-ethyl adjacent to an activating group) is 1. The van der Waals surface area contributed by atoms with E-state index in [-0.39, 0.29) is 17.9 Å². The number of carbonyl (C=O) groups is 2. The molecular weight excluding hydrogens is 302 g/mol. The minimum Gasteiger partial charge on any atom is -0.323 e. The lowest BCUT2D eigenvalue weighted by molar-refractivity contribution is -0.132. The summed E-state index contributed by atoms with van der Waals surface area (Å²) in [5.74, 6) is 0.0908. The normalized spacial score (nSPS) is 28.2. The van der Waals surface area contributed by atoms with Crippen LogP contribution >= 0.6 is 0 Å². The second-order valence-corrected chi connectivity index (χ2v) is 7.23. The molecule has 0 bridgehead atoms. The van der Waals surface area contributed by atoms with Crippen molar-refractivity contribution in [1.82, 2.24) is 15.1 Å². The average Bonchev–Trinajstić information content (AvgIpc) is 2.80. The molecule has 2 saturated heterocycles. The summed E-state index contributed by atoms with van der Waals surface area (Å²) < 4.78 is 0. The molecule has 2 heterocycles. The lowest BCUT2D eigenvalue weighted by atomic mass is 9.80. The standard InChI is InChI=1S/C19H27N3O2/c1-19(17(23)21(2)18(24)20-19)16-11-7-13-22(14-16)12-6-10-15-8-4-3-5-9-15/h3-5,8-9,16H,6-7,10-14H2,1-2H3,(H,20,24)/t16-,19-/m0/s1. The Morgan fingerprint density at radius 2 is 2.00 bits per heavy atom. The Morgan fingerprint density at radius 1 is 1.25 bits per heavy atom. The zero-order valence-electron chi connectivity index (χ0n) is 14.6. The van der Waals surface area contributed by atoms with Gasteiger partial charge in [0.2, 0.25) is 0 Å². The molecule has 0 aliphatic carbocycles. The molecule has 5 nitrogen and oxygen atoms in total. The third-order valence-corrected chi connectivity index (χ3v) is 5.52. The Morgan fingerprint density at radius 3 is 2.67 bits per heavy atom. The molecule has 3 rings (SSSR count). The van der Waals surface area contributed by atoms with Crippen molar-refractivity contribution in [3.8, 4) is 0 Å². The van der Waals surface area contributed by atoms with E-state index < -0.39 is 5.54 Å². The van der Waals surface area contributed by atoms with Crippen molar-refractivity contribution in [3.63, 3.8) is 0 Å². The molecule has 1 N–H and O–H groups in total. The van der Waals surface area contributed by atoms with E-state index in [1.54, 1.807) is 7.05 Å². The number of imide groups is 1. The van der Waals surface area contributed by atoms with Gasteiger partial charge in [0, 0.05) is 19.5 Å². The summed E-state index contributed by atoms with van der Waals surface area (Å²) in [4.78, 5) is 28.0. The van der Waals surface area contributed by atoms with Crippen molar-refractivity contribution in [2.45, 2.75) is 38.1 Å². The van der Waals surface area contributed by atoms with Crippen LogP contribution in [0.3, 0.4) is 0 Å². The zero-order chi connectivity index (χ0) is 17.2. The van der Waals surface area contributed by atoms with Gasteiger partial charge in [-0.3, -0.25) is 9.69 Å². The molecule has 1 aromatic carbocycles. The predicted octanol–water partition coefficient (Wildman–Crippen LogP) is 2.27. The number of amides is 3. The van der Waals surface area contributed by atoms with Gasteiger partial charge in [-0.2, -0.15) is 0 Å². The van der Waals surface area contributed by atoms with Gasteiger partial charge in [0.15, 0.2) is 0 Å². The van der Waals surface area contributed by atoms with Crippen LogP contribution in [0.1, 0.15) is 31.7 Å². The third kappa shape index (κ3) is 3.31. The number of nitrogens with zero attached hydrogens (tertiary/aromatic N) is 2. The van der Waals surface area contributed by atoms with E-state index in [1.807, 2.05) is 13.0 Å². The quantitative estimate of drug-likeness (QED) is 0.843. The van der Waals surface area contributed by atoms with Gasteiger partial charge in [-0.05, 0) is 51.3 Å². The van der Waals surface area contributed by atoms with Gasteiger partial charge in [0.05, 0.1) is 0 Å². The average molecular weight is 329 g/mol. The van der Waals surface area contributed by atoms with E-state index >= 15 is 0 Å². The van der Waals surface area contributed by atoms with E-state index in [4.69, 9.17) is 0 Å². The van der Waals surface area contributed by atoms with Crippen LogP contribution in [0, 0.1) is 5.92 Å². The van der Waals surface area contributed by atoms with Crippen LogP contribution in [-0.4, -0.2) is 54.0 Å². The van der Waals surface area contributed by atoms with Crippen molar-refractivity contribution in [2.24, 2.45) is 5.92 Å². The van der Waals surface area contributed by atoms with Gasteiger partial charge in [-0.1, -0.05) is 30.3 Å². The SMILES string of the molecule is CN1C(=O)N[C@@](C)([C@H]2CCCN(CCCc3ccccc3)C2)C1=O. The number of benzene rings is 1. The van der Waals surface area contributed by atoms with Gasteiger partial charge in [-0.25, -0.2) is 4.79 Å². The van der Waals surface area contributed by atoms with Crippen LogP contribution < -0.4 is 5.32 Å². The van der Waals surface area contributed by atoms with Gasteiger partial charge >= 0.3 is 6.03 Å². The molecule has 0 saturated carbocycles. The predicted molar refractivity (Wildman–Crippen MR) is 93.6 cm³/mol. The van der Waals surface area contributed by atoms with Crippen LogP contribution in [0.15, 0.2) is 30.3 Å². The van der Waals surface area contributed by atoms with E-state index in [9.17, 15) is 9.59 Å². The Kier molecular flexibility index (Phi) is 4.90. The topological polar surface area (TPSA) is 52.7 Å². The van der Waals surface area contributed by atoms with Crippen molar-refractivity contribution in [1.29, 1.82) is 0 Å². The van der Waals surface area contributed by atoms with Crippen LogP contribution in [0.2, 0.25) is 0 Å². The number of nitrogens with one attached hydrogen (secondary N) is 1. The van der Waals surface area contributed by atoms with E-state index in [1.165, 1.54) is 10.5 Å². The van der Waals surface area contributed by atoms with Crippen molar-refractivity contribution in [3.05, 3.63) is 35.9 Å². The van der Waals surface area contributed by atoms with Crippen LogP contribution in [0.4, 0.5) is 4.79 Å². The number of carbonyl (C=O) groups excluding carboxylic acids is 2. The summed E-state index contributed by atoms with van der Waals surface area (Å²) in [6.07, 6.45) is 4.27. The summed E-state index contributed by atoms with van der Waals surface area (Å²) in [7, 11) is 1.56. The maximum Gasteiger partial charge on any atom is 0.324 e. The second-order valence-electron chi connectivity index (χ2n) is 7.23. The highest BCUT2D eigenvalue weighted by Gasteiger charge is 2.51. The maximum absolute atomic E-state index is 12.5. The lowest BCUT2D eigenvalue weighted by Gasteiger charge is -2.39. The summed E-state index contributed by atoms with van der Waals surface area (Å²) in [5.41, 5.74) is 0.627. The molecule has 0 radical (unpaired) electrons. The number of likely N-dealkylation sites (tertiary alicyclic amines) is 1. The molecule has 3 amide bonds. The number of hydrogen-bond acceptors (Lipinski definition) is 3. The summed E-state index contributed by atoms with van der Waals surface area (Å²) >= 11 is 0. The molecular formula is C19H27N3O2.